The van der Waals surface area contributed by atoms with E-state index < -0.39 is 10.0 Å². The summed E-state index contributed by atoms with van der Waals surface area (Å²) in [6, 6.07) is 11.2. The van der Waals surface area contributed by atoms with E-state index in [9.17, 15) is 13.2 Å². The van der Waals surface area contributed by atoms with E-state index in [0.29, 0.717) is 43.4 Å². The zero-order chi connectivity index (χ0) is 22.3. The Morgan fingerprint density at radius 3 is 2.26 bits per heavy atom. The highest BCUT2D eigenvalue weighted by molar-refractivity contribution is 7.92. The molecule has 1 aliphatic heterocycles. The molecule has 2 aromatic carbocycles. The second-order valence-electron chi connectivity index (χ2n) is 7.33. The molecule has 31 heavy (non-hydrogen) atoms. The predicted octanol–water partition coefficient (Wildman–Crippen LogP) is 4.30. The Bertz CT molecular complexity index is 999. The first-order valence-electron chi connectivity index (χ1n) is 10.8. The molecule has 0 unspecified atom stereocenters. The van der Waals surface area contributed by atoms with Gasteiger partial charge in [-0.25, -0.2) is 8.42 Å². The van der Waals surface area contributed by atoms with Gasteiger partial charge < -0.3 is 14.4 Å². The highest BCUT2D eigenvalue weighted by Crippen LogP contribution is 2.31. The zero-order valence-electron chi connectivity index (χ0n) is 18.1. The number of sulfonamides is 1. The summed E-state index contributed by atoms with van der Waals surface area (Å²) in [5.41, 5.74) is 0.618. The maximum atomic E-state index is 13.1. The van der Waals surface area contributed by atoms with Crippen LogP contribution in [0.4, 0.5) is 5.69 Å². The van der Waals surface area contributed by atoms with E-state index in [4.69, 9.17) is 9.47 Å². The minimum absolute atomic E-state index is 0.0384. The van der Waals surface area contributed by atoms with Crippen LogP contribution in [0.2, 0.25) is 0 Å². The van der Waals surface area contributed by atoms with Crippen molar-refractivity contribution in [3.8, 4) is 11.5 Å². The largest absolute Gasteiger partial charge is 0.490 e. The maximum Gasteiger partial charge on any atom is 0.262 e. The number of carbonyl (C=O) groups excluding carboxylic acids is 1. The van der Waals surface area contributed by atoms with Gasteiger partial charge in [0.1, 0.15) is 0 Å². The van der Waals surface area contributed by atoms with Crippen LogP contribution in [0.5, 0.6) is 11.5 Å². The van der Waals surface area contributed by atoms with Crippen LogP contribution in [0.3, 0.4) is 0 Å². The van der Waals surface area contributed by atoms with Crippen molar-refractivity contribution in [1.82, 2.24) is 4.90 Å². The molecule has 0 aromatic heterocycles. The molecule has 0 saturated carbocycles. The molecule has 2 aromatic rings. The molecule has 1 fully saturated rings. The van der Waals surface area contributed by atoms with E-state index in [-0.39, 0.29) is 16.5 Å². The summed E-state index contributed by atoms with van der Waals surface area (Å²) in [5, 5.41) is 0. The second kappa shape index (κ2) is 10.5. The number of amides is 1. The fourth-order valence-electron chi connectivity index (χ4n) is 3.61. The van der Waals surface area contributed by atoms with Crippen LogP contribution in [-0.4, -0.2) is 45.5 Å². The molecule has 1 amide bonds. The lowest BCUT2D eigenvalue weighted by Crippen LogP contribution is -2.32. The molecule has 1 aliphatic rings. The van der Waals surface area contributed by atoms with E-state index in [0.717, 1.165) is 25.7 Å². The first kappa shape index (κ1) is 22.9. The van der Waals surface area contributed by atoms with Crippen LogP contribution in [0, 0.1) is 0 Å². The second-order valence-corrected chi connectivity index (χ2v) is 9.01. The summed E-state index contributed by atoms with van der Waals surface area (Å²) in [6.45, 7) is 5.87. The lowest BCUT2D eigenvalue weighted by Gasteiger charge is -2.22. The smallest absolute Gasteiger partial charge is 0.262 e. The molecule has 168 valence electrons. The Kier molecular flexibility index (Phi) is 7.79. The molecular weight excluding hydrogens is 416 g/mol. The number of nitrogens with zero attached hydrogens (tertiary/aromatic N) is 1. The quantitative estimate of drug-likeness (QED) is 0.653. The van der Waals surface area contributed by atoms with Crippen molar-refractivity contribution in [3.05, 3.63) is 48.0 Å². The normalized spacial score (nSPS) is 14.6. The van der Waals surface area contributed by atoms with Gasteiger partial charge in [-0.3, -0.25) is 9.52 Å². The molecule has 0 atom stereocenters. The molecule has 7 nitrogen and oxygen atoms in total. The Morgan fingerprint density at radius 2 is 1.58 bits per heavy atom. The molecule has 0 aliphatic carbocycles. The van der Waals surface area contributed by atoms with Gasteiger partial charge in [0.25, 0.3) is 15.9 Å². The molecular formula is C23H30N2O5S. The lowest BCUT2D eigenvalue weighted by molar-refractivity contribution is 0.0762. The van der Waals surface area contributed by atoms with Gasteiger partial charge in [-0.1, -0.05) is 25.0 Å². The number of ether oxygens (including phenoxy) is 2. The minimum atomic E-state index is -3.94. The number of likely N-dealkylation sites (tertiary alicyclic amines) is 1. The van der Waals surface area contributed by atoms with Gasteiger partial charge in [-0.05, 0) is 51.0 Å². The van der Waals surface area contributed by atoms with Crippen molar-refractivity contribution in [3.63, 3.8) is 0 Å². The average Bonchev–Trinajstić information content (AvgIpc) is 3.04. The molecule has 0 bridgehead atoms. The van der Waals surface area contributed by atoms with Crippen molar-refractivity contribution in [2.45, 2.75) is 44.4 Å². The van der Waals surface area contributed by atoms with E-state index in [1.807, 2.05) is 18.7 Å². The number of carbonyl (C=O) groups is 1. The van der Waals surface area contributed by atoms with E-state index in [1.165, 1.54) is 12.1 Å². The van der Waals surface area contributed by atoms with Crippen LogP contribution in [0.1, 0.15) is 49.9 Å². The first-order chi connectivity index (χ1) is 15.0. The highest BCUT2D eigenvalue weighted by atomic mass is 32.2. The Hall–Kier alpha value is -2.74. The standard InChI is InChI=1S/C23H30N2O5S/c1-3-29-21-14-13-18(17-22(21)30-4-2)31(27,28)24-20-12-8-7-11-19(20)23(26)25-15-9-5-6-10-16-25/h7-8,11-14,17,24H,3-6,9-10,15-16H2,1-2H3. The van der Waals surface area contributed by atoms with Gasteiger partial charge in [-0.2, -0.15) is 0 Å². The van der Waals surface area contributed by atoms with Gasteiger partial charge in [0, 0.05) is 19.2 Å². The topological polar surface area (TPSA) is 84.9 Å². The van der Waals surface area contributed by atoms with Crippen molar-refractivity contribution in [2.75, 3.05) is 31.0 Å². The summed E-state index contributed by atoms with van der Waals surface area (Å²) in [4.78, 5) is 15.0. The molecule has 8 heteroatoms. The molecule has 0 radical (unpaired) electrons. The highest BCUT2D eigenvalue weighted by Gasteiger charge is 2.23. The van der Waals surface area contributed by atoms with Crippen LogP contribution in [0.25, 0.3) is 0 Å². The van der Waals surface area contributed by atoms with Gasteiger partial charge >= 0.3 is 0 Å². The van der Waals surface area contributed by atoms with E-state index in [1.54, 1.807) is 30.3 Å². The minimum Gasteiger partial charge on any atom is -0.490 e. The number of nitrogens with one attached hydrogen (secondary N) is 1. The maximum absolute atomic E-state index is 13.1. The van der Waals surface area contributed by atoms with E-state index in [2.05, 4.69) is 4.72 Å². The van der Waals surface area contributed by atoms with Gasteiger partial charge in [0.15, 0.2) is 11.5 Å². The number of rotatable bonds is 8. The number of para-hydroxylation sites is 1. The first-order valence-corrected chi connectivity index (χ1v) is 12.3. The zero-order valence-corrected chi connectivity index (χ0v) is 18.9. The van der Waals surface area contributed by atoms with Crippen LogP contribution in [0.15, 0.2) is 47.4 Å². The summed E-state index contributed by atoms with van der Waals surface area (Å²) in [6.07, 6.45) is 4.15. The fraction of sp³-hybridized carbons (Fsp3) is 0.435. The third-order valence-electron chi connectivity index (χ3n) is 5.12. The molecule has 1 heterocycles. The number of benzene rings is 2. The molecule has 3 rings (SSSR count). The van der Waals surface area contributed by atoms with E-state index >= 15 is 0 Å². The van der Waals surface area contributed by atoms with Crippen molar-refractivity contribution < 1.29 is 22.7 Å². The van der Waals surface area contributed by atoms with Crippen molar-refractivity contribution in [2.24, 2.45) is 0 Å². The van der Waals surface area contributed by atoms with Crippen LogP contribution >= 0.6 is 0 Å². The van der Waals surface area contributed by atoms with Gasteiger partial charge in [-0.15, -0.1) is 0 Å². The molecule has 1 N–H and O–H groups in total. The molecule has 0 spiro atoms. The molecule has 1 saturated heterocycles. The number of hydrogen-bond acceptors (Lipinski definition) is 5. The number of hydrogen-bond donors (Lipinski definition) is 1. The van der Waals surface area contributed by atoms with Crippen LogP contribution in [-0.2, 0) is 10.0 Å². The van der Waals surface area contributed by atoms with Crippen molar-refractivity contribution in [1.29, 1.82) is 0 Å². The predicted molar refractivity (Wildman–Crippen MR) is 120 cm³/mol. The lowest BCUT2D eigenvalue weighted by atomic mass is 10.1. The summed E-state index contributed by atoms with van der Waals surface area (Å²) in [5.74, 6) is 0.697. The fourth-order valence-corrected chi connectivity index (χ4v) is 4.70. The summed E-state index contributed by atoms with van der Waals surface area (Å²) in [7, 11) is -3.94. The third kappa shape index (κ3) is 5.70. The Balaban J connectivity index is 1.88. The monoisotopic (exact) mass is 446 g/mol. The third-order valence-corrected chi connectivity index (χ3v) is 6.48. The van der Waals surface area contributed by atoms with Crippen molar-refractivity contribution >= 4 is 21.6 Å². The summed E-state index contributed by atoms with van der Waals surface area (Å²) < 4.78 is 39.9. The summed E-state index contributed by atoms with van der Waals surface area (Å²) >= 11 is 0. The Labute approximate surface area is 184 Å². The SMILES string of the molecule is CCOc1ccc(S(=O)(=O)Nc2ccccc2C(=O)N2CCCCCC2)cc1OCC. The Morgan fingerprint density at radius 1 is 0.935 bits per heavy atom. The van der Waals surface area contributed by atoms with Gasteiger partial charge in [0.2, 0.25) is 0 Å². The average molecular weight is 447 g/mol. The van der Waals surface area contributed by atoms with Gasteiger partial charge in [0.05, 0.1) is 29.4 Å². The number of anilines is 1. The van der Waals surface area contributed by atoms with Crippen LogP contribution < -0.4 is 14.2 Å².